The zero-order valence-corrected chi connectivity index (χ0v) is 11.7. The molecule has 2 heterocycles. The molecule has 0 unspecified atom stereocenters. The number of halogens is 1. The van der Waals surface area contributed by atoms with Gasteiger partial charge in [0.25, 0.3) is 0 Å². The topological polar surface area (TPSA) is 71.8 Å². The summed E-state index contributed by atoms with van der Waals surface area (Å²) in [5.41, 5.74) is 3.28. The Morgan fingerprint density at radius 1 is 1.45 bits per heavy atom. The van der Waals surface area contributed by atoms with E-state index in [2.05, 4.69) is 20.7 Å². The van der Waals surface area contributed by atoms with Gasteiger partial charge in [-0.15, -0.1) is 12.4 Å². The second-order valence-electron chi connectivity index (χ2n) is 4.51. The molecule has 1 aliphatic rings. The van der Waals surface area contributed by atoms with Crippen molar-refractivity contribution >= 4 is 29.7 Å². The maximum atomic E-state index is 11.8. The third kappa shape index (κ3) is 3.27. The van der Waals surface area contributed by atoms with Gasteiger partial charge >= 0.3 is 0 Å². The van der Waals surface area contributed by atoms with Crippen LogP contribution in [0, 0.1) is 0 Å². The molecule has 1 aromatic heterocycles. The van der Waals surface area contributed by atoms with Crippen LogP contribution in [-0.2, 0) is 17.8 Å². The van der Waals surface area contributed by atoms with Crippen LogP contribution in [0.25, 0.3) is 0 Å². The van der Waals surface area contributed by atoms with E-state index >= 15 is 0 Å². The first-order valence-corrected chi connectivity index (χ1v) is 6.30. The summed E-state index contributed by atoms with van der Waals surface area (Å²) in [5.74, 6) is -0.0126. The molecule has 0 saturated carbocycles. The van der Waals surface area contributed by atoms with Gasteiger partial charge in [-0.25, -0.2) is 4.98 Å². The molecule has 20 heavy (non-hydrogen) atoms. The first kappa shape index (κ1) is 14.3. The number of aryl methyl sites for hydroxylation is 1. The Morgan fingerprint density at radius 3 is 3.15 bits per heavy atom. The highest BCUT2D eigenvalue weighted by Gasteiger charge is 2.11. The van der Waals surface area contributed by atoms with Crippen molar-refractivity contribution in [3.8, 4) is 0 Å². The fourth-order valence-corrected chi connectivity index (χ4v) is 2.17. The highest BCUT2D eigenvalue weighted by Crippen LogP contribution is 2.25. The van der Waals surface area contributed by atoms with Crippen molar-refractivity contribution < 1.29 is 4.79 Å². The molecule has 1 aliphatic heterocycles. The molecule has 0 atom stereocenters. The van der Waals surface area contributed by atoms with Crippen LogP contribution in [0.15, 0.2) is 30.9 Å². The molecular formula is C13H16ClN5O. The van der Waals surface area contributed by atoms with Crippen molar-refractivity contribution in [1.82, 2.24) is 14.8 Å². The Balaban J connectivity index is 0.00000147. The highest BCUT2D eigenvalue weighted by molar-refractivity contribution is 5.91. The number of nitrogens with zero attached hydrogens (tertiary/aromatic N) is 3. The number of hydrogen-bond donors (Lipinski definition) is 2. The molecule has 2 N–H and O–H groups in total. The molecule has 1 amide bonds. The standard InChI is InChI=1S/C13H15N5O.ClH/c19-13(4-6-18-9-14-8-16-18)17-11-1-2-12-10(7-11)3-5-15-12;/h1-2,7-9,15H,3-6H2,(H,17,19);1H. The number of anilines is 2. The van der Waals surface area contributed by atoms with Crippen LogP contribution in [-0.4, -0.2) is 27.2 Å². The summed E-state index contributed by atoms with van der Waals surface area (Å²) >= 11 is 0. The lowest BCUT2D eigenvalue weighted by molar-refractivity contribution is -0.116. The minimum atomic E-state index is -0.0126. The Bertz CT molecular complexity index is 584. The Kier molecular flexibility index (Phi) is 4.57. The Morgan fingerprint density at radius 2 is 2.35 bits per heavy atom. The van der Waals surface area contributed by atoms with Gasteiger partial charge in [-0.2, -0.15) is 5.10 Å². The van der Waals surface area contributed by atoms with Gasteiger partial charge in [-0.1, -0.05) is 0 Å². The van der Waals surface area contributed by atoms with Gasteiger partial charge in [0.05, 0.1) is 6.54 Å². The molecule has 0 spiro atoms. The fraction of sp³-hybridized carbons (Fsp3) is 0.308. The van der Waals surface area contributed by atoms with Gasteiger partial charge < -0.3 is 10.6 Å². The molecule has 0 fully saturated rings. The van der Waals surface area contributed by atoms with Crippen LogP contribution in [0.2, 0.25) is 0 Å². The number of hydrogen-bond acceptors (Lipinski definition) is 4. The Hall–Kier alpha value is -2.08. The molecule has 0 radical (unpaired) electrons. The SMILES string of the molecule is Cl.O=C(CCn1cncn1)Nc1ccc2c(c1)CCN2. The summed E-state index contributed by atoms with van der Waals surface area (Å²) in [5, 5.41) is 10.2. The number of fused-ring (bicyclic) bond motifs is 1. The minimum Gasteiger partial charge on any atom is -0.384 e. The van der Waals surface area contributed by atoms with Crippen molar-refractivity contribution in [2.24, 2.45) is 0 Å². The lowest BCUT2D eigenvalue weighted by Crippen LogP contribution is -2.14. The first-order valence-electron chi connectivity index (χ1n) is 6.30. The number of carbonyl (C=O) groups excluding carboxylic acids is 1. The predicted molar refractivity (Wildman–Crippen MR) is 79.2 cm³/mol. The highest BCUT2D eigenvalue weighted by atomic mass is 35.5. The zero-order chi connectivity index (χ0) is 13.1. The molecule has 2 aromatic rings. The van der Waals surface area contributed by atoms with Crippen molar-refractivity contribution in [2.75, 3.05) is 17.2 Å². The molecule has 0 saturated heterocycles. The summed E-state index contributed by atoms with van der Waals surface area (Å²) < 4.78 is 1.65. The number of carbonyl (C=O) groups is 1. The van der Waals surface area contributed by atoms with Crippen molar-refractivity contribution in [3.05, 3.63) is 36.4 Å². The van der Waals surface area contributed by atoms with E-state index in [0.717, 1.165) is 18.7 Å². The van der Waals surface area contributed by atoms with E-state index < -0.39 is 0 Å². The van der Waals surface area contributed by atoms with E-state index in [4.69, 9.17) is 0 Å². The van der Waals surface area contributed by atoms with Gasteiger partial charge in [-0.05, 0) is 30.2 Å². The lowest BCUT2D eigenvalue weighted by atomic mass is 10.1. The van der Waals surface area contributed by atoms with Crippen molar-refractivity contribution in [3.63, 3.8) is 0 Å². The molecule has 1 aromatic carbocycles. The first-order chi connectivity index (χ1) is 9.31. The quantitative estimate of drug-likeness (QED) is 0.900. The number of nitrogens with one attached hydrogen (secondary N) is 2. The van der Waals surface area contributed by atoms with E-state index in [1.807, 2.05) is 18.2 Å². The maximum Gasteiger partial charge on any atom is 0.226 e. The average molecular weight is 294 g/mol. The average Bonchev–Trinajstić information content (AvgIpc) is 3.07. The van der Waals surface area contributed by atoms with Crippen LogP contribution in [0.1, 0.15) is 12.0 Å². The largest absolute Gasteiger partial charge is 0.384 e. The summed E-state index contributed by atoms with van der Waals surface area (Å²) in [4.78, 5) is 15.7. The van der Waals surface area contributed by atoms with Crippen LogP contribution in [0.3, 0.4) is 0 Å². The molecule has 106 valence electrons. The van der Waals surface area contributed by atoms with E-state index in [-0.39, 0.29) is 18.3 Å². The Labute approximate surface area is 123 Å². The third-order valence-corrected chi connectivity index (χ3v) is 3.13. The monoisotopic (exact) mass is 293 g/mol. The van der Waals surface area contributed by atoms with Gasteiger partial charge in [0, 0.05) is 24.3 Å². The fourth-order valence-electron chi connectivity index (χ4n) is 2.17. The van der Waals surface area contributed by atoms with Crippen molar-refractivity contribution in [2.45, 2.75) is 19.4 Å². The third-order valence-electron chi connectivity index (χ3n) is 3.13. The predicted octanol–water partition coefficient (Wildman–Crippen LogP) is 1.70. The normalized spacial score (nSPS) is 12.2. The summed E-state index contributed by atoms with van der Waals surface area (Å²) in [6.45, 7) is 1.51. The smallest absolute Gasteiger partial charge is 0.226 e. The van der Waals surface area contributed by atoms with E-state index in [0.29, 0.717) is 13.0 Å². The molecule has 7 heteroatoms. The zero-order valence-electron chi connectivity index (χ0n) is 10.9. The van der Waals surface area contributed by atoms with Crippen LogP contribution < -0.4 is 10.6 Å². The van der Waals surface area contributed by atoms with Crippen molar-refractivity contribution in [1.29, 1.82) is 0 Å². The van der Waals surface area contributed by atoms with E-state index in [9.17, 15) is 4.79 Å². The molecule has 3 rings (SSSR count). The second kappa shape index (κ2) is 6.38. The van der Waals surface area contributed by atoms with Crippen LogP contribution >= 0.6 is 12.4 Å². The van der Waals surface area contributed by atoms with E-state index in [1.54, 1.807) is 11.0 Å². The molecule has 0 bridgehead atoms. The summed E-state index contributed by atoms with van der Waals surface area (Å²) in [7, 11) is 0. The summed E-state index contributed by atoms with van der Waals surface area (Å²) in [6, 6.07) is 5.96. The molecule has 0 aliphatic carbocycles. The number of amides is 1. The van der Waals surface area contributed by atoms with Gasteiger partial charge in [0.2, 0.25) is 5.91 Å². The van der Waals surface area contributed by atoms with Gasteiger partial charge in [-0.3, -0.25) is 9.48 Å². The maximum absolute atomic E-state index is 11.8. The van der Waals surface area contributed by atoms with Crippen LogP contribution in [0.4, 0.5) is 11.4 Å². The lowest BCUT2D eigenvalue weighted by Gasteiger charge is -2.07. The number of benzene rings is 1. The molecule has 6 nitrogen and oxygen atoms in total. The van der Waals surface area contributed by atoms with Gasteiger partial charge in [0.15, 0.2) is 0 Å². The van der Waals surface area contributed by atoms with Crippen LogP contribution in [0.5, 0.6) is 0 Å². The number of rotatable bonds is 4. The summed E-state index contributed by atoms with van der Waals surface area (Å²) in [6.07, 6.45) is 4.47. The second-order valence-corrected chi connectivity index (χ2v) is 4.51. The molecular weight excluding hydrogens is 278 g/mol. The minimum absolute atomic E-state index is 0. The van der Waals surface area contributed by atoms with E-state index in [1.165, 1.54) is 17.6 Å². The van der Waals surface area contributed by atoms with Gasteiger partial charge in [0.1, 0.15) is 12.7 Å². The number of aromatic nitrogens is 3.